The van der Waals surface area contributed by atoms with Crippen LogP contribution in [0.15, 0.2) is 41.9 Å². The van der Waals surface area contributed by atoms with Crippen molar-refractivity contribution >= 4 is 5.71 Å². The maximum atomic E-state index is 5.13. The summed E-state index contributed by atoms with van der Waals surface area (Å²) < 4.78 is 5.13. The average Bonchev–Trinajstić information content (AvgIpc) is 2.26. The summed E-state index contributed by atoms with van der Waals surface area (Å²) in [6.07, 6.45) is 1.78. The first-order chi connectivity index (χ1) is 6.77. The van der Waals surface area contributed by atoms with Crippen LogP contribution in [0.25, 0.3) is 0 Å². The third kappa shape index (κ3) is 2.73. The second-order valence-electron chi connectivity index (χ2n) is 2.95. The van der Waals surface area contributed by atoms with Gasteiger partial charge in [-0.3, -0.25) is 4.99 Å². The van der Waals surface area contributed by atoms with E-state index in [1.165, 1.54) is 0 Å². The van der Waals surface area contributed by atoms with Gasteiger partial charge in [0.25, 0.3) is 0 Å². The van der Waals surface area contributed by atoms with Crippen molar-refractivity contribution in [2.75, 3.05) is 13.7 Å². The Bertz CT molecular complexity index is 342. The monoisotopic (exact) mass is 189 g/mol. The third-order valence-electron chi connectivity index (χ3n) is 1.95. The number of hydrogen-bond donors (Lipinski definition) is 0. The summed E-state index contributed by atoms with van der Waals surface area (Å²) in [4.78, 5) is 4.33. The molecule has 0 aliphatic rings. The first-order valence-corrected chi connectivity index (χ1v) is 4.54. The summed E-state index contributed by atoms with van der Waals surface area (Å²) in [5.74, 6) is 0.857. The normalized spacial score (nSPS) is 11.1. The maximum Gasteiger partial charge on any atom is 0.119 e. The minimum absolute atomic E-state index is 0.656. The Morgan fingerprint density at radius 1 is 1.57 bits per heavy atom. The van der Waals surface area contributed by atoms with Crippen molar-refractivity contribution < 1.29 is 4.74 Å². The Kier molecular flexibility index (Phi) is 3.92. The molecular formula is C12H15NO. The first kappa shape index (κ1) is 10.5. The van der Waals surface area contributed by atoms with Gasteiger partial charge in [-0.15, -0.1) is 6.58 Å². The summed E-state index contributed by atoms with van der Waals surface area (Å²) in [5.41, 5.74) is 2.09. The average molecular weight is 189 g/mol. The van der Waals surface area contributed by atoms with Gasteiger partial charge in [-0.2, -0.15) is 0 Å². The fraction of sp³-hybridized carbons (Fsp3) is 0.250. The number of benzene rings is 1. The van der Waals surface area contributed by atoms with Crippen molar-refractivity contribution in [3.63, 3.8) is 0 Å². The lowest BCUT2D eigenvalue weighted by molar-refractivity contribution is 0.414. The summed E-state index contributed by atoms with van der Waals surface area (Å²) in [5, 5.41) is 0. The molecule has 0 unspecified atom stereocenters. The van der Waals surface area contributed by atoms with Crippen molar-refractivity contribution in [3.05, 3.63) is 42.5 Å². The Balaban J connectivity index is 2.89. The highest BCUT2D eigenvalue weighted by molar-refractivity contribution is 5.99. The Hall–Kier alpha value is -1.57. The molecule has 0 saturated heterocycles. The summed E-state index contributed by atoms with van der Waals surface area (Å²) >= 11 is 0. The molecule has 0 saturated carbocycles. The van der Waals surface area contributed by atoms with E-state index in [-0.39, 0.29) is 0 Å². The molecule has 0 atom stereocenters. The van der Waals surface area contributed by atoms with Crippen LogP contribution in [0.2, 0.25) is 0 Å². The summed E-state index contributed by atoms with van der Waals surface area (Å²) in [6, 6.07) is 7.87. The lowest BCUT2D eigenvalue weighted by Crippen LogP contribution is -1.96. The number of hydrogen-bond acceptors (Lipinski definition) is 2. The third-order valence-corrected chi connectivity index (χ3v) is 1.95. The lowest BCUT2D eigenvalue weighted by Gasteiger charge is -2.03. The van der Waals surface area contributed by atoms with Gasteiger partial charge in [0, 0.05) is 5.71 Å². The summed E-state index contributed by atoms with van der Waals surface area (Å²) in [7, 11) is 1.66. The van der Waals surface area contributed by atoms with Crippen LogP contribution in [-0.4, -0.2) is 19.4 Å². The zero-order chi connectivity index (χ0) is 10.4. The number of aliphatic imine (C=N–C) groups is 1. The predicted molar refractivity (Wildman–Crippen MR) is 60.3 cm³/mol. The molecule has 0 heterocycles. The van der Waals surface area contributed by atoms with Gasteiger partial charge in [0.15, 0.2) is 0 Å². The van der Waals surface area contributed by atoms with E-state index >= 15 is 0 Å². The molecule has 0 spiro atoms. The molecule has 0 N–H and O–H groups in total. The Labute approximate surface area is 84.9 Å². The van der Waals surface area contributed by atoms with Crippen LogP contribution in [0.3, 0.4) is 0 Å². The molecule has 1 aromatic rings. The molecule has 0 aliphatic heterocycles. The van der Waals surface area contributed by atoms with Gasteiger partial charge in [-0.25, -0.2) is 0 Å². The fourth-order valence-electron chi connectivity index (χ4n) is 1.14. The van der Waals surface area contributed by atoms with Crippen LogP contribution in [-0.2, 0) is 0 Å². The molecule has 0 bridgehead atoms. The van der Waals surface area contributed by atoms with E-state index < -0.39 is 0 Å². The first-order valence-electron chi connectivity index (χ1n) is 4.54. The van der Waals surface area contributed by atoms with E-state index in [1.54, 1.807) is 13.2 Å². The van der Waals surface area contributed by atoms with Crippen LogP contribution in [0.5, 0.6) is 5.75 Å². The van der Waals surface area contributed by atoms with E-state index in [2.05, 4.69) is 11.6 Å². The highest BCUT2D eigenvalue weighted by Gasteiger charge is 1.97. The smallest absolute Gasteiger partial charge is 0.119 e. The molecule has 2 heteroatoms. The molecule has 0 amide bonds. The van der Waals surface area contributed by atoms with Crippen LogP contribution in [0.4, 0.5) is 0 Å². The highest BCUT2D eigenvalue weighted by Crippen LogP contribution is 2.13. The topological polar surface area (TPSA) is 21.6 Å². The highest BCUT2D eigenvalue weighted by atomic mass is 16.5. The number of nitrogens with zero attached hydrogens (tertiary/aromatic N) is 1. The quantitative estimate of drug-likeness (QED) is 0.527. The molecule has 0 radical (unpaired) electrons. The largest absolute Gasteiger partial charge is 0.497 e. The predicted octanol–water partition coefficient (Wildman–Crippen LogP) is 2.69. The number of ether oxygens (including phenoxy) is 1. The van der Waals surface area contributed by atoms with E-state index in [1.807, 2.05) is 31.2 Å². The number of rotatable bonds is 4. The van der Waals surface area contributed by atoms with Crippen molar-refractivity contribution in [2.24, 2.45) is 4.99 Å². The number of methoxy groups -OCH3 is 1. The maximum absolute atomic E-state index is 5.13. The lowest BCUT2D eigenvalue weighted by atomic mass is 10.1. The second-order valence-corrected chi connectivity index (χ2v) is 2.95. The molecule has 74 valence electrons. The molecule has 1 aromatic carbocycles. The van der Waals surface area contributed by atoms with Gasteiger partial charge in [0.05, 0.1) is 13.7 Å². The van der Waals surface area contributed by atoms with Crippen LogP contribution >= 0.6 is 0 Å². The van der Waals surface area contributed by atoms with E-state index in [4.69, 9.17) is 4.74 Å². The fourth-order valence-corrected chi connectivity index (χ4v) is 1.14. The second kappa shape index (κ2) is 5.22. The molecular weight excluding hydrogens is 174 g/mol. The molecule has 0 fully saturated rings. The molecule has 0 aliphatic carbocycles. The molecule has 0 aromatic heterocycles. The van der Waals surface area contributed by atoms with Gasteiger partial charge < -0.3 is 4.74 Å². The van der Waals surface area contributed by atoms with Gasteiger partial charge in [-0.1, -0.05) is 18.2 Å². The van der Waals surface area contributed by atoms with Crippen molar-refractivity contribution in [1.29, 1.82) is 0 Å². The Morgan fingerprint density at radius 3 is 3.00 bits per heavy atom. The van der Waals surface area contributed by atoms with Crippen LogP contribution in [0.1, 0.15) is 12.5 Å². The van der Waals surface area contributed by atoms with Crippen LogP contribution in [0, 0.1) is 0 Å². The molecule has 2 nitrogen and oxygen atoms in total. The van der Waals surface area contributed by atoms with Gasteiger partial charge in [0.1, 0.15) is 5.75 Å². The van der Waals surface area contributed by atoms with Crippen molar-refractivity contribution in [2.45, 2.75) is 6.92 Å². The Morgan fingerprint density at radius 2 is 2.36 bits per heavy atom. The van der Waals surface area contributed by atoms with E-state index in [9.17, 15) is 0 Å². The minimum Gasteiger partial charge on any atom is -0.497 e. The molecule has 1 rings (SSSR count). The van der Waals surface area contributed by atoms with E-state index in [0.29, 0.717) is 6.54 Å². The van der Waals surface area contributed by atoms with Gasteiger partial charge in [-0.05, 0) is 24.6 Å². The van der Waals surface area contributed by atoms with Gasteiger partial charge in [0.2, 0.25) is 0 Å². The standard InChI is InChI=1S/C12H15NO/c1-4-8-13-10(2)11-6-5-7-12(9-11)14-3/h4-7,9H,1,8H2,2-3H3. The van der Waals surface area contributed by atoms with E-state index in [0.717, 1.165) is 17.0 Å². The summed E-state index contributed by atoms with van der Waals surface area (Å²) in [6.45, 7) is 6.27. The van der Waals surface area contributed by atoms with Crippen molar-refractivity contribution in [3.8, 4) is 5.75 Å². The van der Waals surface area contributed by atoms with Crippen LogP contribution < -0.4 is 4.74 Å². The molecule has 14 heavy (non-hydrogen) atoms. The SMILES string of the molecule is C=CCN=C(C)c1cccc(OC)c1. The zero-order valence-corrected chi connectivity index (χ0v) is 8.66. The van der Waals surface area contributed by atoms with Crippen molar-refractivity contribution in [1.82, 2.24) is 0 Å². The zero-order valence-electron chi connectivity index (χ0n) is 8.66. The van der Waals surface area contributed by atoms with Gasteiger partial charge >= 0.3 is 0 Å². The minimum atomic E-state index is 0.656.